The van der Waals surface area contributed by atoms with Gasteiger partial charge in [-0.2, -0.15) is 0 Å². The Kier molecular flexibility index (Phi) is 1.77. The first-order valence-corrected chi connectivity index (χ1v) is 5.30. The zero-order valence-electron chi connectivity index (χ0n) is 8.64. The van der Waals surface area contributed by atoms with Crippen molar-refractivity contribution in [2.75, 3.05) is 4.90 Å². The van der Waals surface area contributed by atoms with Gasteiger partial charge in [0.25, 0.3) is 5.91 Å². The van der Waals surface area contributed by atoms with Crippen molar-refractivity contribution < 1.29 is 9.59 Å². The monoisotopic (exact) mass is 217 g/mol. The number of pyridine rings is 1. The quantitative estimate of drug-likeness (QED) is 0.715. The van der Waals surface area contributed by atoms with Gasteiger partial charge in [0.15, 0.2) is 0 Å². The van der Waals surface area contributed by atoms with Crippen molar-refractivity contribution in [3.05, 3.63) is 24.5 Å². The van der Waals surface area contributed by atoms with E-state index in [-0.39, 0.29) is 11.9 Å². The van der Waals surface area contributed by atoms with Gasteiger partial charge >= 0.3 is 6.03 Å². The smallest absolute Gasteiger partial charge is 0.323 e. The Hall–Kier alpha value is -1.91. The molecule has 5 heteroatoms. The zero-order chi connectivity index (χ0) is 11.2. The summed E-state index contributed by atoms with van der Waals surface area (Å²) in [5.74, 6) is -0.142. The maximum atomic E-state index is 12.1. The second kappa shape index (κ2) is 3.04. The number of carbonyl (C=O) groups is 2. The van der Waals surface area contributed by atoms with Gasteiger partial charge in [-0.05, 0) is 31.4 Å². The number of aromatic nitrogens is 1. The van der Waals surface area contributed by atoms with Gasteiger partial charge in [0.05, 0.1) is 11.9 Å². The molecular formula is C11H11N3O2. The lowest BCUT2D eigenvalue weighted by atomic mass is 9.77. The summed E-state index contributed by atoms with van der Waals surface area (Å²) < 4.78 is 0. The number of imide groups is 1. The highest BCUT2D eigenvalue weighted by molar-refractivity contribution is 6.23. The molecule has 1 saturated carbocycles. The highest BCUT2D eigenvalue weighted by atomic mass is 16.2. The van der Waals surface area contributed by atoms with Crippen LogP contribution >= 0.6 is 0 Å². The molecule has 2 fully saturated rings. The Bertz CT molecular complexity index is 454. The highest BCUT2D eigenvalue weighted by Gasteiger charge is 2.55. The van der Waals surface area contributed by atoms with Crippen molar-refractivity contribution in [1.82, 2.24) is 10.3 Å². The first kappa shape index (κ1) is 9.33. The molecule has 0 unspecified atom stereocenters. The summed E-state index contributed by atoms with van der Waals surface area (Å²) in [4.78, 5) is 29.0. The van der Waals surface area contributed by atoms with E-state index >= 15 is 0 Å². The first-order chi connectivity index (χ1) is 7.73. The fourth-order valence-corrected chi connectivity index (χ4v) is 2.21. The number of nitrogens with one attached hydrogen (secondary N) is 1. The summed E-state index contributed by atoms with van der Waals surface area (Å²) in [5, 5.41) is 2.77. The molecule has 3 rings (SSSR count). The fraction of sp³-hybridized carbons (Fsp3) is 0.364. The maximum absolute atomic E-state index is 12.1. The van der Waals surface area contributed by atoms with Crippen LogP contribution < -0.4 is 10.2 Å². The van der Waals surface area contributed by atoms with Crippen molar-refractivity contribution in [3.8, 4) is 0 Å². The summed E-state index contributed by atoms with van der Waals surface area (Å²) in [6.07, 6.45) is 5.62. The van der Waals surface area contributed by atoms with Crippen LogP contribution in [0.2, 0.25) is 0 Å². The molecule has 16 heavy (non-hydrogen) atoms. The summed E-state index contributed by atoms with van der Waals surface area (Å²) >= 11 is 0. The van der Waals surface area contributed by atoms with E-state index in [0.29, 0.717) is 5.69 Å². The van der Waals surface area contributed by atoms with Crippen LogP contribution in [0, 0.1) is 0 Å². The van der Waals surface area contributed by atoms with Gasteiger partial charge in [-0.3, -0.25) is 9.78 Å². The van der Waals surface area contributed by atoms with E-state index in [0.717, 1.165) is 19.3 Å². The molecule has 1 N–H and O–H groups in total. The zero-order valence-corrected chi connectivity index (χ0v) is 8.64. The Morgan fingerprint density at radius 1 is 1.38 bits per heavy atom. The van der Waals surface area contributed by atoms with Crippen LogP contribution in [-0.4, -0.2) is 22.5 Å². The molecule has 0 aromatic carbocycles. The number of rotatable bonds is 1. The van der Waals surface area contributed by atoms with Gasteiger partial charge in [0.2, 0.25) is 0 Å². The molecule has 1 aliphatic heterocycles. The second-order valence-corrected chi connectivity index (χ2v) is 4.22. The molecule has 1 saturated heterocycles. The minimum absolute atomic E-state index is 0.142. The number of amides is 3. The number of hydrogen-bond acceptors (Lipinski definition) is 3. The van der Waals surface area contributed by atoms with E-state index in [1.165, 1.54) is 11.1 Å². The standard InChI is InChI=1S/C11H11N3O2/c15-9-11(4-2-5-11)13-10(16)14(9)8-3-1-6-12-7-8/h1,3,6-7H,2,4-5H2,(H,13,16). The molecular weight excluding hydrogens is 206 g/mol. The van der Waals surface area contributed by atoms with Crippen molar-refractivity contribution in [2.24, 2.45) is 0 Å². The number of nitrogens with zero attached hydrogens (tertiary/aromatic N) is 2. The van der Waals surface area contributed by atoms with Crippen LogP contribution in [0.25, 0.3) is 0 Å². The number of hydrogen-bond donors (Lipinski definition) is 1. The number of carbonyl (C=O) groups excluding carboxylic acids is 2. The molecule has 82 valence electrons. The fourth-order valence-electron chi connectivity index (χ4n) is 2.21. The lowest BCUT2D eigenvalue weighted by Gasteiger charge is -2.34. The van der Waals surface area contributed by atoms with E-state index < -0.39 is 5.54 Å². The predicted molar refractivity (Wildman–Crippen MR) is 56.8 cm³/mol. The Morgan fingerprint density at radius 3 is 2.69 bits per heavy atom. The van der Waals surface area contributed by atoms with E-state index in [1.807, 2.05) is 0 Å². The van der Waals surface area contributed by atoms with Crippen LogP contribution in [0.1, 0.15) is 19.3 Å². The van der Waals surface area contributed by atoms with Crippen LogP contribution in [0.5, 0.6) is 0 Å². The maximum Gasteiger partial charge on any atom is 0.329 e. The van der Waals surface area contributed by atoms with Gasteiger partial charge in [-0.15, -0.1) is 0 Å². The average molecular weight is 217 g/mol. The molecule has 1 aromatic rings. The largest absolute Gasteiger partial charge is 0.329 e. The molecule has 1 aromatic heterocycles. The molecule has 3 amide bonds. The van der Waals surface area contributed by atoms with E-state index in [9.17, 15) is 9.59 Å². The normalized spacial score (nSPS) is 22.1. The topological polar surface area (TPSA) is 62.3 Å². The van der Waals surface area contributed by atoms with Crippen LogP contribution in [0.4, 0.5) is 10.5 Å². The SMILES string of the molecule is O=C1NC2(CCC2)C(=O)N1c1cccnc1. The Labute approximate surface area is 92.5 Å². The van der Waals surface area contributed by atoms with E-state index in [4.69, 9.17) is 0 Å². The lowest BCUT2D eigenvalue weighted by Crippen LogP contribution is -2.52. The summed E-state index contributed by atoms with van der Waals surface area (Å²) in [6.45, 7) is 0. The van der Waals surface area contributed by atoms with E-state index in [1.54, 1.807) is 18.3 Å². The van der Waals surface area contributed by atoms with Crippen LogP contribution in [0.3, 0.4) is 0 Å². The minimum Gasteiger partial charge on any atom is -0.323 e. The van der Waals surface area contributed by atoms with Gasteiger partial charge in [-0.1, -0.05) is 0 Å². The predicted octanol–water partition coefficient (Wildman–Crippen LogP) is 1.06. The van der Waals surface area contributed by atoms with Gasteiger partial charge in [0, 0.05) is 6.20 Å². The molecule has 1 spiro atoms. The third kappa shape index (κ3) is 1.08. The second-order valence-electron chi connectivity index (χ2n) is 4.22. The van der Waals surface area contributed by atoms with Crippen molar-refractivity contribution in [1.29, 1.82) is 0 Å². The van der Waals surface area contributed by atoms with Gasteiger partial charge in [-0.25, -0.2) is 9.69 Å². The van der Waals surface area contributed by atoms with Crippen molar-refractivity contribution in [2.45, 2.75) is 24.8 Å². The molecule has 2 aliphatic rings. The summed E-state index contributed by atoms with van der Waals surface area (Å²) in [6, 6.07) is 3.08. The minimum atomic E-state index is -0.618. The Balaban J connectivity index is 1.97. The number of urea groups is 1. The van der Waals surface area contributed by atoms with Crippen LogP contribution in [-0.2, 0) is 4.79 Å². The van der Waals surface area contributed by atoms with Crippen LogP contribution in [0.15, 0.2) is 24.5 Å². The molecule has 1 aliphatic carbocycles. The molecule has 0 bridgehead atoms. The highest BCUT2D eigenvalue weighted by Crippen LogP contribution is 2.38. The molecule has 0 radical (unpaired) electrons. The number of anilines is 1. The molecule has 2 heterocycles. The van der Waals surface area contributed by atoms with Crippen molar-refractivity contribution >= 4 is 17.6 Å². The van der Waals surface area contributed by atoms with E-state index in [2.05, 4.69) is 10.3 Å². The average Bonchev–Trinajstić information content (AvgIpc) is 2.51. The third-order valence-corrected chi connectivity index (χ3v) is 3.27. The molecule has 0 atom stereocenters. The van der Waals surface area contributed by atoms with Crippen molar-refractivity contribution in [3.63, 3.8) is 0 Å². The lowest BCUT2D eigenvalue weighted by molar-refractivity contribution is -0.124. The summed E-state index contributed by atoms with van der Waals surface area (Å²) in [7, 11) is 0. The summed E-state index contributed by atoms with van der Waals surface area (Å²) in [5.41, 5.74) is -0.0822. The van der Waals surface area contributed by atoms with Gasteiger partial charge in [0.1, 0.15) is 5.54 Å². The first-order valence-electron chi connectivity index (χ1n) is 5.30. The Morgan fingerprint density at radius 2 is 2.19 bits per heavy atom. The van der Waals surface area contributed by atoms with Gasteiger partial charge < -0.3 is 5.32 Å². The molecule has 5 nitrogen and oxygen atoms in total. The third-order valence-electron chi connectivity index (χ3n) is 3.27.